The topological polar surface area (TPSA) is 42.1 Å². The maximum Gasteiger partial charge on any atom is 0.290 e. The molecule has 1 aromatic carbocycles. The summed E-state index contributed by atoms with van der Waals surface area (Å²) in [7, 11) is 0. The molecule has 2 rings (SSSR count). The van der Waals surface area contributed by atoms with Crippen LogP contribution >= 0.6 is 0 Å². The molecule has 4 heteroatoms. The van der Waals surface area contributed by atoms with Gasteiger partial charge in [-0.1, -0.05) is 18.2 Å². The predicted octanol–water partition coefficient (Wildman–Crippen LogP) is 2.09. The van der Waals surface area contributed by atoms with E-state index in [1.54, 1.807) is 30.3 Å². The van der Waals surface area contributed by atoms with Crippen molar-refractivity contribution in [3.8, 4) is 5.75 Å². The van der Waals surface area contributed by atoms with Crippen molar-refractivity contribution in [1.82, 2.24) is 4.98 Å². The lowest BCUT2D eigenvalue weighted by Gasteiger charge is -2.05. The van der Waals surface area contributed by atoms with Crippen molar-refractivity contribution in [3.05, 3.63) is 64.3 Å². The normalized spacial score (nSPS) is 10.1. The average molecular weight is 219 g/mol. The smallest absolute Gasteiger partial charge is 0.290 e. The lowest BCUT2D eigenvalue weighted by Crippen LogP contribution is -2.10. The molecule has 0 amide bonds. The van der Waals surface area contributed by atoms with Crippen LogP contribution in [0.4, 0.5) is 4.39 Å². The molecule has 0 fully saturated rings. The minimum atomic E-state index is -0.338. The highest BCUT2D eigenvalue weighted by atomic mass is 19.1. The van der Waals surface area contributed by atoms with E-state index in [9.17, 15) is 9.18 Å². The van der Waals surface area contributed by atoms with E-state index in [1.165, 1.54) is 12.3 Å². The summed E-state index contributed by atoms with van der Waals surface area (Å²) in [6.07, 6.45) is 1.51. The van der Waals surface area contributed by atoms with Gasteiger partial charge in [0, 0.05) is 11.8 Å². The molecule has 0 radical (unpaired) electrons. The first-order chi connectivity index (χ1) is 7.77. The summed E-state index contributed by atoms with van der Waals surface area (Å²) in [6, 6.07) is 9.49. The van der Waals surface area contributed by atoms with E-state index in [-0.39, 0.29) is 23.7 Å². The Morgan fingerprint density at radius 3 is 2.75 bits per heavy atom. The van der Waals surface area contributed by atoms with Crippen LogP contribution in [0, 0.1) is 5.82 Å². The van der Waals surface area contributed by atoms with Gasteiger partial charge in [-0.15, -0.1) is 0 Å². The standard InChI is InChI=1S/C12H10FNO2/c13-10-5-2-1-4-9(10)8-16-11-6-3-7-14-12(11)15/h1-7H,8H2,(H,14,15). The van der Waals surface area contributed by atoms with Gasteiger partial charge in [0.1, 0.15) is 12.4 Å². The van der Waals surface area contributed by atoms with Crippen molar-refractivity contribution in [2.75, 3.05) is 0 Å². The lowest BCUT2D eigenvalue weighted by atomic mass is 10.2. The molecule has 82 valence electrons. The maximum absolute atomic E-state index is 13.2. The molecule has 2 aromatic rings. The van der Waals surface area contributed by atoms with Crippen molar-refractivity contribution in [1.29, 1.82) is 0 Å². The zero-order valence-electron chi connectivity index (χ0n) is 8.44. The van der Waals surface area contributed by atoms with Crippen molar-refractivity contribution in [2.24, 2.45) is 0 Å². The first kappa shape index (κ1) is 10.4. The highest BCUT2D eigenvalue weighted by Crippen LogP contribution is 2.09. The van der Waals surface area contributed by atoms with Crippen molar-refractivity contribution >= 4 is 0 Å². The number of aromatic amines is 1. The summed E-state index contributed by atoms with van der Waals surface area (Å²) in [5, 5.41) is 0. The summed E-state index contributed by atoms with van der Waals surface area (Å²) < 4.78 is 18.4. The summed E-state index contributed by atoms with van der Waals surface area (Å²) >= 11 is 0. The molecule has 0 aliphatic rings. The second kappa shape index (κ2) is 4.61. The fourth-order valence-electron chi connectivity index (χ4n) is 1.29. The SMILES string of the molecule is O=c1[nH]cccc1OCc1ccccc1F. The molecule has 0 bridgehead atoms. The van der Waals surface area contributed by atoms with Crippen LogP contribution < -0.4 is 10.3 Å². The van der Waals surface area contributed by atoms with Gasteiger partial charge in [-0.25, -0.2) is 4.39 Å². The van der Waals surface area contributed by atoms with Gasteiger partial charge in [0.15, 0.2) is 5.75 Å². The van der Waals surface area contributed by atoms with Crippen LogP contribution in [0.2, 0.25) is 0 Å². The van der Waals surface area contributed by atoms with Crippen LogP contribution in [-0.2, 0) is 6.61 Å². The van der Waals surface area contributed by atoms with Gasteiger partial charge in [-0.05, 0) is 18.2 Å². The minimum Gasteiger partial charge on any atom is -0.483 e. The number of hydrogen-bond acceptors (Lipinski definition) is 2. The van der Waals surface area contributed by atoms with E-state index in [0.717, 1.165) is 0 Å². The van der Waals surface area contributed by atoms with Crippen LogP contribution in [0.5, 0.6) is 5.75 Å². The number of hydrogen-bond donors (Lipinski definition) is 1. The molecule has 1 aromatic heterocycles. The Bertz CT molecular complexity index is 536. The molecule has 0 unspecified atom stereocenters. The van der Waals surface area contributed by atoms with Gasteiger partial charge in [0.05, 0.1) is 0 Å². The number of benzene rings is 1. The number of H-pyrrole nitrogens is 1. The molecule has 16 heavy (non-hydrogen) atoms. The average Bonchev–Trinajstić information content (AvgIpc) is 2.30. The Labute approximate surface area is 91.5 Å². The van der Waals surface area contributed by atoms with E-state index >= 15 is 0 Å². The number of halogens is 1. The fraction of sp³-hybridized carbons (Fsp3) is 0.0833. The Hall–Kier alpha value is -2.10. The summed E-state index contributed by atoms with van der Waals surface area (Å²) in [5.41, 5.74) is 0.101. The van der Waals surface area contributed by atoms with Gasteiger partial charge >= 0.3 is 0 Å². The molecule has 0 atom stereocenters. The number of nitrogens with one attached hydrogen (secondary N) is 1. The van der Waals surface area contributed by atoms with Gasteiger partial charge in [-0.3, -0.25) is 4.79 Å². The highest BCUT2D eigenvalue weighted by Gasteiger charge is 2.03. The van der Waals surface area contributed by atoms with Crippen LogP contribution in [0.15, 0.2) is 47.4 Å². The third-order valence-electron chi connectivity index (χ3n) is 2.12. The van der Waals surface area contributed by atoms with Gasteiger partial charge in [0.2, 0.25) is 0 Å². The first-order valence-corrected chi connectivity index (χ1v) is 4.81. The van der Waals surface area contributed by atoms with E-state index in [1.807, 2.05) is 0 Å². The fourth-order valence-corrected chi connectivity index (χ4v) is 1.29. The van der Waals surface area contributed by atoms with E-state index < -0.39 is 0 Å². The lowest BCUT2D eigenvalue weighted by molar-refractivity contribution is 0.295. The largest absolute Gasteiger partial charge is 0.483 e. The van der Waals surface area contributed by atoms with Crippen molar-refractivity contribution in [2.45, 2.75) is 6.61 Å². The summed E-state index contributed by atoms with van der Waals surface area (Å²) in [4.78, 5) is 13.7. The Balaban J connectivity index is 2.12. The van der Waals surface area contributed by atoms with Gasteiger partial charge in [0.25, 0.3) is 5.56 Å². The van der Waals surface area contributed by atoms with Crippen LogP contribution in [-0.4, -0.2) is 4.98 Å². The van der Waals surface area contributed by atoms with Crippen LogP contribution in [0.1, 0.15) is 5.56 Å². The molecule has 0 aliphatic heterocycles. The van der Waals surface area contributed by atoms with E-state index in [2.05, 4.69) is 4.98 Å². The van der Waals surface area contributed by atoms with Crippen molar-refractivity contribution < 1.29 is 9.13 Å². The quantitative estimate of drug-likeness (QED) is 0.858. The van der Waals surface area contributed by atoms with Crippen LogP contribution in [0.25, 0.3) is 0 Å². The summed E-state index contributed by atoms with van der Waals surface area (Å²) in [5.74, 6) is -0.152. The van der Waals surface area contributed by atoms with E-state index in [4.69, 9.17) is 4.74 Å². The Morgan fingerprint density at radius 2 is 2.00 bits per heavy atom. The molecule has 0 saturated carbocycles. The predicted molar refractivity (Wildman–Crippen MR) is 57.8 cm³/mol. The molecule has 3 nitrogen and oxygen atoms in total. The zero-order chi connectivity index (χ0) is 11.4. The molecular formula is C12H10FNO2. The summed E-state index contributed by atoms with van der Waals surface area (Å²) in [6.45, 7) is 0.0414. The van der Waals surface area contributed by atoms with E-state index in [0.29, 0.717) is 5.56 Å². The molecule has 0 spiro atoms. The number of aromatic nitrogens is 1. The van der Waals surface area contributed by atoms with Gasteiger partial charge < -0.3 is 9.72 Å². The molecule has 1 N–H and O–H groups in total. The number of ether oxygens (including phenoxy) is 1. The monoisotopic (exact) mass is 219 g/mol. The Kier molecular flexibility index (Phi) is 3.00. The van der Waals surface area contributed by atoms with Crippen molar-refractivity contribution in [3.63, 3.8) is 0 Å². The van der Waals surface area contributed by atoms with Gasteiger partial charge in [-0.2, -0.15) is 0 Å². The first-order valence-electron chi connectivity index (χ1n) is 4.81. The minimum absolute atomic E-state index is 0.0414. The number of pyridine rings is 1. The third-order valence-corrected chi connectivity index (χ3v) is 2.12. The van der Waals surface area contributed by atoms with Crippen LogP contribution in [0.3, 0.4) is 0 Å². The molecule has 1 heterocycles. The number of rotatable bonds is 3. The maximum atomic E-state index is 13.2. The Morgan fingerprint density at radius 1 is 1.19 bits per heavy atom. The zero-order valence-corrected chi connectivity index (χ0v) is 8.44. The second-order valence-corrected chi connectivity index (χ2v) is 3.24. The molecule has 0 saturated heterocycles. The molecule has 0 aliphatic carbocycles. The second-order valence-electron chi connectivity index (χ2n) is 3.24. The highest BCUT2D eigenvalue weighted by molar-refractivity contribution is 5.20. The third kappa shape index (κ3) is 2.28. The molecular weight excluding hydrogens is 209 g/mol.